The molecule has 1 aliphatic carbocycles. The van der Waals surface area contributed by atoms with Crippen molar-refractivity contribution in [3.63, 3.8) is 0 Å². The van der Waals surface area contributed by atoms with Crippen LogP contribution in [-0.2, 0) is 16.1 Å². The van der Waals surface area contributed by atoms with E-state index in [1.807, 2.05) is 18.2 Å². The number of benzene rings is 2. The molecule has 1 aliphatic rings. The minimum Gasteiger partial charge on any atom is -0.496 e. The number of fused-ring (bicyclic) bond motifs is 1. The molecule has 4 rings (SSSR count). The molecule has 1 heterocycles. The predicted molar refractivity (Wildman–Crippen MR) is 160 cm³/mol. The van der Waals surface area contributed by atoms with Gasteiger partial charge in [0.1, 0.15) is 22.3 Å². The second-order valence-corrected chi connectivity index (χ2v) is 11.3. The standard InChI is InChI=1S/C32H32ClF2NO4S/c1-5-9-20(16-19(2)32(38)40-4)21-12-15-26(39-3)22(17-21)18-36(23-10-7-6-8-11-23)31(37)30-28(33)27-24(34)13-14-25(35)29(27)41-30/h5,9,12-17,23H,1,6-8,10-11,18H2,2-4H3/b19-16+,20-9+. The number of thiophene rings is 1. The molecule has 1 amide bonds. The van der Waals surface area contributed by atoms with Gasteiger partial charge in [-0.3, -0.25) is 4.79 Å². The van der Waals surface area contributed by atoms with E-state index in [1.165, 1.54) is 7.11 Å². The molecule has 1 saturated carbocycles. The van der Waals surface area contributed by atoms with Crippen molar-refractivity contribution in [1.82, 2.24) is 4.90 Å². The van der Waals surface area contributed by atoms with Crippen molar-refractivity contribution in [3.05, 3.63) is 93.4 Å². The summed E-state index contributed by atoms with van der Waals surface area (Å²) in [6.07, 6.45) is 9.76. The Labute approximate surface area is 247 Å². The van der Waals surface area contributed by atoms with Crippen LogP contribution in [0.5, 0.6) is 5.75 Å². The summed E-state index contributed by atoms with van der Waals surface area (Å²) < 4.78 is 39.7. The molecule has 0 atom stereocenters. The fourth-order valence-electron chi connectivity index (χ4n) is 5.20. The molecule has 0 saturated heterocycles. The van der Waals surface area contributed by atoms with Crippen molar-refractivity contribution in [2.24, 2.45) is 0 Å². The van der Waals surface area contributed by atoms with E-state index < -0.39 is 17.6 Å². The van der Waals surface area contributed by atoms with Gasteiger partial charge in [0.05, 0.1) is 29.3 Å². The molecule has 2 aromatic carbocycles. The lowest BCUT2D eigenvalue weighted by Gasteiger charge is -2.34. The van der Waals surface area contributed by atoms with Gasteiger partial charge in [-0.15, -0.1) is 11.3 Å². The Morgan fingerprint density at radius 3 is 2.46 bits per heavy atom. The van der Waals surface area contributed by atoms with Crippen molar-refractivity contribution in [1.29, 1.82) is 0 Å². The first-order chi connectivity index (χ1) is 19.7. The number of allylic oxidation sites excluding steroid dienone is 4. The van der Waals surface area contributed by atoms with E-state index >= 15 is 0 Å². The number of carbonyl (C=O) groups is 2. The van der Waals surface area contributed by atoms with E-state index in [4.69, 9.17) is 21.1 Å². The molecule has 3 aromatic rings. The molecule has 1 aromatic heterocycles. The number of rotatable bonds is 9. The number of methoxy groups -OCH3 is 2. The van der Waals surface area contributed by atoms with Gasteiger partial charge in [-0.1, -0.05) is 55.7 Å². The first-order valence-electron chi connectivity index (χ1n) is 13.3. The molecule has 5 nitrogen and oxygen atoms in total. The second kappa shape index (κ2) is 13.4. The highest BCUT2D eigenvalue weighted by Gasteiger charge is 2.31. The highest BCUT2D eigenvalue weighted by molar-refractivity contribution is 7.21. The van der Waals surface area contributed by atoms with Crippen molar-refractivity contribution in [2.75, 3.05) is 14.2 Å². The Hall–Kier alpha value is -3.49. The summed E-state index contributed by atoms with van der Waals surface area (Å²) in [6.45, 7) is 5.65. The minimum absolute atomic E-state index is 0.0217. The Balaban J connectivity index is 1.79. The van der Waals surface area contributed by atoms with Gasteiger partial charge in [-0.05, 0) is 61.2 Å². The first-order valence-corrected chi connectivity index (χ1v) is 14.5. The van der Waals surface area contributed by atoms with Crippen LogP contribution in [0.2, 0.25) is 5.02 Å². The zero-order valence-corrected chi connectivity index (χ0v) is 24.8. The normalized spacial score (nSPS) is 14.7. The van der Waals surface area contributed by atoms with E-state index in [2.05, 4.69) is 6.58 Å². The Morgan fingerprint density at radius 1 is 1.12 bits per heavy atom. The Bertz CT molecular complexity index is 1540. The predicted octanol–water partition coefficient (Wildman–Crippen LogP) is 8.51. The van der Waals surface area contributed by atoms with Gasteiger partial charge in [0, 0.05) is 23.7 Å². The molecule has 9 heteroatoms. The summed E-state index contributed by atoms with van der Waals surface area (Å²) in [5.74, 6) is -1.54. The third-order valence-corrected chi connectivity index (χ3v) is 8.96. The van der Waals surface area contributed by atoms with Crippen LogP contribution in [0.25, 0.3) is 15.7 Å². The zero-order valence-electron chi connectivity index (χ0n) is 23.3. The van der Waals surface area contributed by atoms with E-state index in [0.29, 0.717) is 11.3 Å². The van der Waals surface area contributed by atoms with Gasteiger partial charge < -0.3 is 14.4 Å². The zero-order chi connectivity index (χ0) is 29.7. The topological polar surface area (TPSA) is 55.8 Å². The van der Waals surface area contributed by atoms with E-state index in [1.54, 1.807) is 37.2 Å². The van der Waals surface area contributed by atoms with Crippen molar-refractivity contribution in [3.8, 4) is 5.75 Å². The maximum atomic E-state index is 14.6. The lowest BCUT2D eigenvalue weighted by atomic mass is 9.93. The van der Waals surface area contributed by atoms with Crippen LogP contribution in [0.4, 0.5) is 8.78 Å². The van der Waals surface area contributed by atoms with Crippen molar-refractivity contribution < 1.29 is 27.8 Å². The number of ether oxygens (including phenoxy) is 2. The largest absolute Gasteiger partial charge is 0.496 e. The van der Waals surface area contributed by atoms with Gasteiger partial charge in [0.15, 0.2) is 0 Å². The van der Waals surface area contributed by atoms with Gasteiger partial charge in [-0.2, -0.15) is 0 Å². The first kappa shape index (κ1) is 30.5. The third-order valence-electron chi connectivity index (χ3n) is 7.28. The van der Waals surface area contributed by atoms with E-state index in [9.17, 15) is 18.4 Å². The third kappa shape index (κ3) is 6.54. The van der Waals surface area contributed by atoms with Gasteiger partial charge in [-0.25, -0.2) is 13.6 Å². The molecule has 0 spiro atoms. The van der Waals surface area contributed by atoms with Crippen LogP contribution >= 0.6 is 22.9 Å². The molecule has 0 radical (unpaired) electrons. The fraction of sp³-hybridized carbons (Fsp3) is 0.312. The number of halogens is 3. The number of carbonyl (C=O) groups excluding carboxylic acids is 2. The average Bonchev–Trinajstić information content (AvgIpc) is 3.35. The summed E-state index contributed by atoms with van der Waals surface area (Å²) in [6, 6.07) is 7.56. The molecule has 216 valence electrons. The average molecular weight is 600 g/mol. The maximum Gasteiger partial charge on any atom is 0.333 e. The monoisotopic (exact) mass is 599 g/mol. The summed E-state index contributed by atoms with van der Waals surface area (Å²) in [5, 5.41) is -0.150. The fourth-order valence-corrected chi connectivity index (χ4v) is 6.70. The molecule has 0 aliphatic heterocycles. The molecule has 41 heavy (non-hydrogen) atoms. The number of amides is 1. The minimum atomic E-state index is -0.669. The van der Waals surface area contributed by atoms with Gasteiger partial charge in [0.2, 0.25) is 0 Å². The van der Waals surface area contributed by atoms with Crippen molar-refractivity contribution in [2.45, 2.75) is 51.6 Å². The SMILES string of the molecule is C=C/C=C(\C=C(/C)C(=O)OC)c1ccc(OC)c(CN(C(=O)c2sc3c(F)ccc(F)c3c2Cl)C2CCCCC2)c1. The maximum absolute atomic E-state index is 14.6. The smallest absolute Gasteiger partial charge is 0.333 e. The van der Waals surface area contributed by atoms with Crippen LogP contribution < -0.4 is 4.74 Å². The van der Waals surface area contributed by atoms with Gasteiger partial charge >= 0.3 is 5.97 Å². The molecule has 0 N–H and O–H groups in total. The molecule has 1 fully saturated rings. The lowest BCUT2D eigenvalue weighted by molar-refractivity contribution is -0.136. The van der Waals surface area contributed by atoms with E-state index in [0.717, 1.165) is 72.3 Å². The van der Waals surface area contributed by atoms with E-state index in [-0.39, 0.29) is 38.5 Å². The quantitative estimate of drug-likeness (QED) is 0.141. The highest BCUT2D eigenvalue weighted by Crippen LogP contribution is 2.40. The highest BCUT2D eigenvalue weighted by atomic mass is 35.5. The molecular weight excluding hydrogens is 568 g/mol. The lowest BCUT2D eigenvalue weighted by Crippen LogP contribution is -2.40. The number of esters is 1. The molecular formula is C32H32ClF2NO4S. The summed E-state index contributed by atoms with van der Waals surface area (Å²) in [5.41, 5.74) is 2.65. The van der Waals surface area contributed by atoms with Crippen molar-refractivity contribution >= 4 is 50.5 Å². The number of hydrogen-bond donors (Lipinski definition) is 0. The van der Waals surface area contributed by atoms with Crippen LogP contribution in [0, 0.1) is 11.6 Å². The van der Waals surface area contributed by atoms with Crippen LogP contribution in [-0.4, -0.2) is 37.0 Å². The summed E-state index contributed by atoms with van der Waals surface area (Å²) in [7, 11) is 2.88. The van der Waals surface area contributed by atoms with Crippen LogP contribution in [0.3, 0.4) is 0 Å². The number of nitrogens with zero attached hydrogens (tertiary/aromatic N) is 1. The Kier molecular flexibility index (Phi) is 9.99. The van der Waals surface area contributed by atoms with Crippen LogP contribution in [0.1, 0.15) is 59.8 Å². The summed E-state index contributed by atoms with van der Waals surface area (Å²) >= 11 is 7.40. The van der Waals surface area contributed by atoms with Gasteiger partial charge in [0.25, 0.3) is 5.91 Å². The summed E-state index contributed by atoms with van der Waals surface area (Å²) in [4.78, 5) is 28.0. The molecule has 0 bridgehead atoms. The Morgan fingerprint density at radius 2 is 1.83 bits per heavy atom. The van der Waals surface area contributed by atoms with Crippen LogP contribution in [0.15, 0.2) is 60.7 Å². The second-order valence-electron chi connectivity index (χ2n) is 9.91. The number of hydrogen-bond acceptors (Lipinski definition) is 5. The molecule has 0 unspecified atom stereocenters.